The molecule has 3 aromatic rings. The Kier molecular flexibility index (Phi) is 3.72. The predicted molar refractivity (Wildman–Crippen MR) is 95.7 cm³/mol. The highest BCUT2D eigenvalue weighted by atomic mass is 79.9. The zero-order valence-corrected chi connectivity index (χ0v) is 14.6. The minimum Gasteiger partial charge on any atom is -0.296 e. The van der Waals surface area contributed by atoms with Crippen molar-refractivity contribution in [1.29, 1.82) is 0 Å². The molecule has 0 aliphatic carbocycles. The number of aromatic amines is 1. The molecular weight excluding hydrogens is 358 g/mol. The normalized spacial score (nSPS) is 11.8. The van der Waals surface area contributed by atoms with E-state index in [1.54, 1.807) is 26.8 Å². The van der Waals surface area contributed by atoms with Crippen molar-refractivity contribution in [1.82, 2.24) is 9.97 Å². The summed E-state index contributed by atoms with van der Waals surface area (Å²) in [5, 5.41) is 4.93. The van der Waals surface area contributed by atoms with E-state index in [2.05, 4.69) is 31.2 Å². The lowest BCUT2D eigenvalue weighted by Gasteiger charge is -2.17. The van der Waals surface area contributed by atoms with E-state index in [9.17, 15) is 9.59 Å². The molecule has 6 heteroatoms. The average molecular weight is 374 g/mol. The van der Waals surface area contributed by atoms with Gasteiger partial charge in [-0.05, 0) is 22.9 Å². The molecule has 23 heavy (non-hydrogen) atoms. The van der Waals surface area contributed by atoms with Gasteiger partial charge in [-0.2, -0.15) is 0 Å². The summed E-state index contributed by atoms with van der Waals surface area (Å²) >= 11 is 3.49. The number of carbonyl (C=O) groups excluding carboxylic acids is 1. The van der Waals surface area contributed by atoms with Gasteiger partial charge in [-0.25, -0.2) is 4.98 Å². The number of amides is 1. The maximum atomic E-state index is 12.5. The molecule has 2 aromatic carbocycles. The first kappa shape index (κ1) is 15.7. The molecule has 3 rings (SSSR count). The Hall–Kier alpha value is -2.21. The molecule has 0 aliphatic rings. The summed E-state index contributed by atoms with van der Waals surface area (Å²) in [5.41, 5.74) is -0.298. The number of carbonyl (C=O) groups is 1. The summed E-state index contributed by atoms with van der Waals surface area (Å²) in [4.78, 5) is 31.6. The molecular formula is C17H16BrN3O2. The number of nitrogens with zero attached hydrogens (tertiary/aromatic N) is 1. The van der Waals surface area contributed by atoms with E-state index in [-0.39, 0.29) is 17.4 Å². The number of anilines is 1. The van der Waals surface area contributed by atoms with E-state index in [0.717, 1.165) is 15.2 Å². The van der Waals surface area contributed by atoms with Crippen molar-refractivity contribution < 1.29 is 4.79 Å². The Morgan fingerprint density at radius 3 is 2.61 bits per heavy atom. The minimum absolute atomic E-state index is 0.164. The van der Waals surface area contributed by atoms with Crippen molar-refractivity contribution in [2.75, 3.05) is 5.32 Å². The predicted octanol–water partition coefficient (Wildman–Crippen LogP) is 3.82. The maximum absolute atomic E-state index is 12.5. The second kappa shape index (κ2) is 5.45. The molecule has 118 valence electrons. The van der Waals surface area contributed by atoms with Crippen molar-refractivity contribution in [2.24, 2.45) is 5.41 Å². The van der Waals surface area contributed by atoms with Crippen molar-refractivity contribution in [3.63, 3.8) is 0 Å². The van der Waals surface area contributed by atoms with Crippen LogP contribution in [0.25, 0.3) is 21.7 Å². The largest absolute Gasteiger partial charge is 0.296 e. The Bertz CT molecular complexity index is 987. The molecule has 0 spiro atoms. The maximum Gasteiger partial charge on any atom is 0.260 e. The van der Waals surface area contributed by atoms with E-state index >= 15 is 0 Å². The molecule has 0 aliphatic heterocycles. The molecule has 0 bridgehead atoms. The van der Waals surface area contributed by atoms with Crippen molar-refractivity contribution in [2.45, 2.75) is 20.8 Å². The van der Waals surface area contributed by atoms with Gasteiger partial charge in [0.2, 0.25) is 11.9 Å². The van der Waals surface area contributed by atoms with Gasteiger partial charge in [0, 0.05) is 9.89 Å². The summed E-state index contributed by atoms with van der Waals surface area (Å²) in [6.07, 6.45) is 0. The summed E-state index contributed by atoms with van der Waals surface area (Å²) in [7, 11) is 0. The van der Waals surface area contributed by atoms with Crippen molar-refractivity contribution >= 4 is 49.5 Å². The van der Waals surface area contributed by atoms with Crippen LogP contribution in [0.4, 0.5) is 5.95 Å². The van der Waals surface area contributed by atoms with Gasteiger partial charge in [-0.15, -0.1) is 0 Å². The van der Waals surface area contributed by atoms with Crippen LogP contribution in [0.3, 0.4) is 0 Å². The number of halogens is 1. The highest BCUT2D eigenvalue weighted by Crippen LogP contribution is 2.28. The molecule has 0 saturated carbocycles. The monoisotopic (exact) mass is 373 g/mol. The zero-order valence-electron chi connectivity index (χ0n) is 13.0. The second-order valence-electron chi connectivity index (χ2n) is 6.41. The number of hydrogen-bond donors (Lipinski definition) is 2. The molecule has 1 aromatic heterocycles. The first-order valence-corrected chi connectivity index (χ1v) is 7.99. The van der Waals surface area contributed by atoms with Crippen LogP contribution in [-0.4, -0.2) is 15.9 Å². The first-order chi connectivity index (χ1) is 10.8. The number of benzene rings is 2. The van der Waals surface area contributed by atoms with Gasteiger partial charge in [-0.3, -0.25) is 19.9 Å². The van der Waals surface area contributed by atoms with Crippen LogP contribution in [0, 0.1) is 5.41 Å². The summed E-state index contributed by atoms with van der Waals surface area (Å²) in [6.45, 7) is 5.39. The Balaban J connectivity index is 2.19. The number of rotatable bonds is 1. The van der Waals surface area contributed by atoms with Crippen LogP contribution in [0.15, 0.2) is 39.6 Å². The highest BCUT2D eigenvalue weighted by Gasteiger charge is 2.22. The lowest BCUT2D eigenvalue weighted by molar-refractivity contribution is -0.123. The van der Waals surface area contributed by atoms with Crippen LogP contribution >= 0.6 is 15.9 Å². The van der Waals surface area contributed by atoms with Crippen molar-refractivity contribution in [3.8, 4) is 0 Å². The third-order valence-electron chi connectivity index (χ3n) is 3.59. The molecule has 0 radical (unpaired) electrons. The fourth-order valence-corrected chi connectivity index (χ4v) is 2.81. The molecule has 0 atom stereocenters. The molecule has 0 unspecified atom stereocenters. The smallest absolute Gasteiger partial charge is 0.260 e. The summed E-state index contributed by atoms with van der Waals surface area (Å²) in [6, 6.07) is 9.37. The third kappa shape index (κ3) is 2.86. The van der Waals surface area contributed by atoms with Crippen LogP contribution in [-0.2, 0) is 4.79 Å². The molecule has 1 heterocycles. The third-order valence-corrected chi connectivity index (χ3v) is 4.28. The SMILES string of the molecule is CC(C)(C)C(=O)Nc1nc2ccc3c(Br)cccc3c2c(=O)[nH]1. The van der Waals surface area contributed by atoms with E-state index in [4.69, 9.17) is 0 Å². The topological polar surface area (TPSA) is 74.8 Å². The second-order valence-corrected chi connectivity index (χ2v) is 7.27. The zero-order chi connectivity index (χ0) is 16.8. The standard InChI is InChI=1S/C17H16BrN3O2/c1-17(2,3)15(23)21-16-19-12-8-7-9-10(5-4-6-11(9)18)13(12)14(22)20-16/h4-8H,1-3H3,(H2,19,20,21,22,23). The van der Waals surface area contributed by atoms with Crippen LogP contribution in [0.1, 0.15) is 20.8 Å². The van der Waals surface area contributed by atoms with Gasteiger partial charge in [0.1, 0.15) is 0 Å². The van der Waals surface area contributed by atoms with Gasteiger partial charge in [0.15, 0.2) is 0 Å². The Morgan fingerprint density at radius 2 is 1.91 bits per heavy atom. The van der Waals surface area contributed by atoms with Gasteiger partial charge in [0.25, 0.3) is 5.56 Å². The molecule has 0 fully saturated rings. The fourth-order valence-electron chi connectivity index (χ4n) is 2.31. The van der Waals surface area contributed by atoms with E-state index in [1.165, 1.54) is 0 Å². The van der Waals surface area contributed by atoms with Crippen LogP contribution < -0.4 is 10.9 Å². The van der Waals surface area contributed by atoms with E-state index < -0.39 is 5.41 Å². The first-order valence-electron chi connectivity index (χ1n) is 7.20. The Morgan fingerprint density at radius 1 is 1.17 bits per heavy atom. The quantitative estimate of drug-likeness (QED) is 0.636. The van der Waals surface area contributed by atoms with E-state index in [1.807, 2.05) is 24.3 Å². The van der Waals surface area contributed by atoms with Crippen LogP contribution in [0.5, 0.6) is 0 Å². The highest BCUT2D eigenvalue weighted by molar-refractivity contribution is 9.10. The average Bonchev–Trinajstić information content (AvgIpc) is 2.45. The summed E-state index contributed by atoms with van der Waals surface area (Å²) in [5.74, 6) is -0.0414. The van der Waals surface area contributed by atoms with Crippen LogP contribution in [0.2, 0.25) is 0 Å². The molecule has 0 saturated heterocycles. The van der Waals surface area contributed by atoms with Gasteiger partial charge in [-0.1, -0.05) is 54.9 Å². The minimum atomic E-state index is -0.568. The summed E-state index contributed by atoms with van der Waals surface area (Å²) < 4.78 is 0.918. The number of aromatic nitrogens is 2. The number of hydrogen-bond acceptors (Lipinski definition) is 3. The lowest BCUT2D eigenvalue weighted by Crippen LogP contribution is -2.29. The van der Waals surface area contributed by atoms with E-state index in [0.29, 0.717) is 10.9 Å². The van der Waals surface area contributed by atoms with Crippen molar-refractivity contribution in [3.05, 3.63) is 45.2 Å². The lowest BCUT2D eigenvalue weighted by atomic mass is 9.96. The molecule has 1 amide bonds. The molecule has 5 nitrogen and oxygen atoms in total. The number of H-pyrrole nitrogens is 1. The van der Waals surface area contributed by atoms with Gasteiger partial charge in [0.05, 0.1) is 10.9 Å². The van der Waals surface area contributed by atoms with Gasteiger partial charge >= 0.3 is 0 Å². The molecule has 2 N–H and O–H groups in total. The van der Waals surface area contributed by atoms with Gasteiger partial charge < -0.3 is 0 Å². The fraction of sp³-hybridized carbons (Fsp3) is 0.235. The number of nitrogens with one attached hydrogen (secondary N) is 2. The number of fused-ring (bicyclic) bond motifs is 3. The Labute approximate surface area is 141 Å².